The second-order valence-corrected chi connectivity index (χ2v) is 7.07. The first-order chi connectivity index (χ1) is 14.4. The number of aromatic amines is 1. The quantitative estimate of drug-likeness (QED) is 0.405. The molecule has 30 heavy (non-hydrogen) atoms. The third-order valence-corrected chi connectivity index (χ3v) is 4.92. The minimum atomic E-state index is -0.586. The van der Waals surface area contributed by atoms with E-state index in [1.165, 1.54) is 14.2 Å². The maximum Gasteiger partial charge on any atom is 0.355 e. The minimum absolute atomic E-state index is 0.153. The average molecular weight is 448 g/mol. The van der Waals surface area contributed by atoms with E-state index in [1.54, 1.807) is 49.4 Å². The van der Waals surface area contributed by atoms with Crippen LogP contribution in [-0.4, -0.2) is 37.7 Å². The molecule has 6 nitrogen and oxygen atoms in total. The van der Waals surface area contributed by atoms with Crippen LogP contribution in [0.3, 0.4) is 0 Å². The van der Waals surface area contributed by atoms with Gasteiger partial charge in [0.2, 0.25) is 0 Å². The van der Waals surface area contributed by atoms with E-state index < -0.39 is 11.9 Å². The summed E-state index contributed by atoms with van der Waals surface area (Å²) in [4.78, 5) is 28.2. The molecule has 0 aliphatic rings. The molecule has 0 aliphatic heterocycles. The number of rotatable bonds is 6. The molecule has 0 unspecified atom stereocenters. The van der Waals surface area contributed by atoms with Gasteiger partial charge in [0.1, 0.15) is 11.4 Å². The molecule has 8 heteroatoms. The van der Waals surface area contributed by atoms with Crippen LogP contribution in [0.4, 0.5) is 0 Å². The first-order valence-electron chi connectivity index (χ1n) is 9.01. The highest BCUT2D eigenvalue weighted by atomic mass is 35.5. The minimum Gasteiger partial charge on any atom is -0.497 e. The van der Waals surface area contributed by atoms with Crippen LogP contribution in [0.15, 0.2) is 36.4 Å². The van der Waals surface area contributed by atoms with Crippen molar-refractivity contribution < 1.29 is 23.8 Å². The third kappa shape index (κ3) is 4.30. The van der Waals surface area contributed by atoms with Gasteiger partial charge in [-0.2, -0.15) is 0 Å². The summed E-state index contributed by atoms with van der Waals surface area (Å²) in [5.41, 5.74) is 1.86. The van der Waals surface area contributed by atoms with Crippen molar-refractivity contribution in [3.8, 4) is 5.75 Å². The Morgan fingerprint density at radius 3 is 2.57 bits per heavy atom. The molecule has 1 heterocycles. The number of esters is 2. The fourth-order valence-electron chi connectivity index (χ4n) is 3.09. The fraction of sp³-hybridized carbons (Fsp3) is 0.182. The van der Waals surface area contributed by atoms with Gasteiger partial charge >= 0.3 is 11.9 Å². The van der Waals surface area contributed by atoms with E-state index in [9.17, 15) is 9.59 Å². The lowest BCUT2D eigenvalue weighted by atomic mass is 10.0. The van der Waals surface area contributed by atoms with E-state index in [2.05, 4.69) is 4.98 Å². The van der Waals surface area contributed by atoms with Crippen molar-refractivity contribution in [3.63, 3.8) is 0 Å². The Kier molecular flexibility index (Phi) is 6.70. The summed E-state index contributed by atoms with van der Waals surface area (Å²) in [5, 5.41) is 1.26. The summed E-state index contributed by atoms with van der Waals surface area (Å²) >= 11 is 12.5. The second-order valence-electron chi connectivity index (χ2n) is 6.23. The summed E-state index contributed by atoms with van der Waals surface area (Å²) in [6.07, 6.45) is 1.55. The van der Waals surface area contributed by atoms with Gasteiger partial charge in [-0.25, -0.2) is 9.59 Å². The van der Waals surface area contributed by atoms with Gasteiger partial charge in [-0.05, 0) is 42.8 Å². The maximum atomic E-state index is 12.6. The van der Waals surface area contributed by atoms with Gasteiger partial charge in [0.15, 0.2) is 0 Å². The Bertz CT molecular complexity index is 1150. The zero-order chi connectivity index (χ0) is 21.8. The molecule has 156 valence electrons. The van der Waals surface area contributed by atoms with Crippen molar-refractivity contribution in [1.82, 2.24) is 4.98 Å². The lowest BCUT2D eigenvalue weighted by Gasteiger charge is -2.09. The number of fused-ring (bicyclic) bond motifs is 1. The van der Waals surface area contributed by atoms with Gasteiger partial charge in [0.25, 0.3) is 0 Å². The van der Waals surface area contributed by atoms with Gasteiger partial charge in [0.05, 0.1) is 31.4 Å². The lowest BCUT2D eigenvalue weighted by molar-refractivity contribution is -0.133. The van der Waals surface area contributed by atoms with Gasteiger partial charge in [0, 0.05) is 21.5 Å². The first-order valence-corrected chi connectivity index (χ1v) is 9.77. The molecule has 0 fully saturated rings. The average Bonchev–Trinajstić information content (AvgIpc) is 3.10. The summed E-state index contributed by atoms with van der Waals surface area (Å²) in [7, 11) is 2.81. The molecule has 0 spiro atoms. The van der Waals surface area contributed by atoms with Gasteiger partial charge in [-0.15, -0.1) is 0 Å². The standard InChI is InChI=1S/C22H19Cl2NO5/c1-4-30-22(27)20-16(19-17(24)9-13(23)10-18(19)25-20)11-15(21(26)29-3)12-6-5-7-14(8-12)28-2/h5-11,25H,4H2,1-3H3/b15-11+. The Hall–Kier alpha value is -2.96. The van der Waals surface area contributed by atoms with Crippen molar-refractivity contribution in [3.05, 3.63) is 63.3 Å². The molecular formula is C22H19Cl2NO5. The van der Waals surface area contributed by atoms with Crippen molar-refractivity contribution in [2.45, 2.75) is 6.92 Å². The molecule has 2 aromatic carbocycles. The number of aromatic nitrogens is 1. The van der Waals surface area contributed by atoms with Crippen LogP contribution in [0.1, 0.15) is 28.5 Å². The molecule has 0 amide bonds. The Morgan fingerprint density at radius 2 is 1.90 bits per heavy atom. The fourth-order valence-corrected chi connectivity index (χ4v) is 3.68. The van der Waals surface area contributed by atoms with Crippen molar-refractivity contribution in [2.24, 2.45) is 0 Å². The zero-order valence-corrected chi connectivity index (χ0v) is 18.1. The molecule has 3 aromatic rings. The molecule has 0 saturated heterocycles. The van der Waals surface area contributed by atoms with Gasteiger partial charge in [-0.1, -0.05) is 35.3 Å². The Balaban J connectivity index is 2.32. The summed E-state index contributed by atoms with van der Waals surface area (Å²) in [6, 6.07) is 10.1. The van der Waals surface area contributed by atoms with E-state index in [1.807, 2.05) is 0 Å². The van der Waals surface area contributed by atoms with Crippen LogP contribution in [0, 0.1) is 0 Å². The Labute approximate surface area is 183 Å². The molecule has 1 aromatic heterocycles. The van der Waals surface area contributed by atoms with E-state index in [-0.39, 0.29) is 17.9 Å². The highest BCUT2D eigenvalue weighted by Crippen LogP contribution is 2.35. The highest BCUT2D eigenvalue weighted by molar-refractivity contribution is 6.39. The number of carbonyl (C=O) groups excluding carboxylic acids is 2. The topological polar surface area (TPSA) is 77.6 Å². The monoisotopic (exact) mass is 447 g/mol. The predicted molar refractivity (Wildman–Crippen MR) is 117 cm³/mol. The third-order valence-electron chi connectivity index (χ3n) is 4.41. The van der Waals surface area contributed by atoms with Crippen LogP contribution in [0.5, 0.6) is 5.75 Å². The molecule has 0 bridgehead atoms. The SMILES string of the molecule is CCOC(=O)c1[nH]c2cc(Cl)cc(Cl)c2c1/C=C(/C(=O)OC)c1cccc(OC)c1. The number of methoxy groups -OCH3 is 2. The predicted octanol–water partition coefficient (Wildman–Crippen LogP) is 5.37. The second kappa shape index (κ2) is 9.24. The van der Waals surface area contributed by atoms with Crippen LogP contribution < -0.4 is 4.74 Å². The van der Waals surface area contributed by atoms with Crippen molar-refractivity contribution in [2.75, 3.05) is 20.8 Å². The smallest absolute Gasteiger partial charge is 0.355 e. The molecule has 0 atom stereocenters. The molecule has 0 radical (unpaired) electrons. The van der Waals surface area contributed by atoms with Crippen LogP contribution >= 0.6 is 23.2 Å². The molecule has 1 N–H and O–H groups in total. The highest BCUT2D eigenvalue weighted by Gasteiger charge is 2.23. The molecule has 0 saturated carbocycles. The zero-order valence-electron chi connectivity index (χ0n) is 16.5. The number of hydrogen-bond donors (Lipinski definition) is 1. The number of ether oxygens (including phenoxy) is 3. The number of carbonyl (C=O) groups is 2. The van der Waals surface area contributed by atoms with E-state index in [4.69, 9.17) is 37.4 Å². The van der Waals surface area contributed by atoms with Gasteiger partial charge < -0.3 is 19.2 Å². The largest absolute Gasteiger partial charge is 0.497 e. The maximum absolute atomic E-state index is 12.6. The number of hydrogen-bond acceptors (Lipinski definition) is 5. The van der Waals surface area contributed by atoms with Crippen LogP contribution in [0.25, 0.3) is 22.6 Å². The van der Waals surface area contributed by atoms with Gasteiger partial charge in [-0.3, -0.25) is 0 Å². The summed E-state index contributed by atoms with van der Waals surface area (Å²) in [6.45, 7) is 1.89. The summed E-state index contributed by atoms with van der Waals surface area (Å²) in [5.74, 6) is -0.601. The van der Waals surface area contributed by atoms with Crippen molar-refractivity contribution >= 4 is 57.7 Å². The number of benzene rings is 2. The molecular weight excluding hydrogens is 429 g/mol. The van der Waals surface area contributed by atoms with Crippen molar-refractivity contribution in [1.29, 1.82) is 0 Å². The van der Waals surface area contributed by atoms with E-state index in [0.29, 0.717) is 37.8 Å². The number of halogens is 2. The molecule has 0 aliphatic carbocycles. The first kappa shape index (κ1) is 21.7. The van der Waals surface area contributed by atoms with E-state index in [0.717, 1.165) is 0 Å². The Morgan fingerprint density at radius 1 is 1.13 bits per heavy atom. The number of nitrogens with one attached hydrogen (secondary N) is 1. The van der Waals surface area contributed by atoms with E-state index >= 15 is 0 Å². The summed E-state index contributed by atoms with van der Waals surface area (Å²) < 4.78 is 15.4. The normalized spacial score (nSPS) is 11.4. The van der Waals surface area contributed by atoms with Crippen LogP contribution in [0.2, 0.25) is 10.0 Å². The lowest BCUT2D eigenvalue weighted by Crippen LogP contribution is -2.08. The molecule has 3 rings (SSSR count). The van der Waals surface area contributed by atoms with Crippen LogP contribution in [-0.2, 0) is 14.3 Å². The number of H-pyrrole nitrogens is 1.